The van der Waals surface area contributed by atoms with E-state index in [1.54, 1.807) is 74.5 Å². The van der Waals surface area contributed by atoms with Crippen LogP contribution in [0.5, 0.6) is 0 Å². The molecule has 0 fully saturated rings. The van der Waals surface area contributed by atoms with Crippen LogP contribution in [0.3, 0.4) is 0 Å². The van der Waals surface area contributed by atoms with Gasteiger partial charge in [0.05, 0.1) is 0 Å². The van der Waals surface area contributed by atoms with Gasteiger partial charge in [-0.3, -0.25) is 19.2 Å². The van der Waals surface area contributed by atoms with Crippen LogP contribution in [0.4, 0.5) is 0 Å². The first-order valence-corrected chi connectivity index (χ1v) is 12.5. The van der Waals surface area contributed by atoms with Gasteiger partial charge >= 0.3 is 17.9 Å². The topological polar surface area (TPSA) is 157 Å². The van der Waals surface area contributed by atoms with E-state index >= 15 is 0 Å². The van der Waals surface area contributed by atoms with E-state index in [2.05, 4.69) is 16.0 Å². The molecule has 41 heavy (non-hydrogen) atoms. The smallest absolute Gasteiger partial charge is 0.376 e. The summed E-state index contributed by atoms with van der Waals surface area (Å²) in [6, 6.07) is 19.7. The number of hydrogen-bond donors (Lipinski definition) is 3. The van der Waals surface area contributed by atoms with Crippen LogP contribution < -0.4 is 16.0 Å². The van der Waals surface area contributed by atoms with Crippen molar-refractivity contribution in [3.05, 3.63) is 106 Å². The Hall–Kier alpha value is -5.32. The van der Waals surface area contributed by atoms with Crippen molar-refractivity contribution in [1.29, 1.82) is 0 Å². The molecule has 3 amide bonds. The molecule has 3 aromatic carbocycles. The highest BCUT2D eigenvalue weighted by molar-refractivity contribution is 6.00. The molecule has 0 saturated heterocycles. The summed E-state index contributed by atoms with van der Waals surface area (Å²) in [4.78, 5) is 74.9. The second kappa shape index (κ2) is 14.2. The quantitative estimate of drug-likeness (QED) is 0.194. The van der Waals surface area contributed by atoms with Crippen LogP contribution in [0.25, 0.3) is 0 Å². The van der Waals surface area contributed by atoms with Crippen LogP contribution in [-0.4, -0.2) is 54.9 Å². The lowest BCUT2D eigenvalue weighted by Crippen LogP contribution is -2.47. The zero-order chi connectivity index (χ0) is 29.9. The Kier molecular flexibility index (Phi) is 10.4. The lowest BCUT2D eigenvalue weighted by atomic mass is 10.1. The average molecular weight is 560 g/mol. The third kappa shape index (κ3) is 9.13. The minimum atomic E-state index is -2.03. The zero-order valence-electron chi connectivity index (χ0n) is 22.7. The zero-order valence-corrected chi connectivity index (χ0v) is 22.7. The third-order valence-electron chi connectivity index (χ3n) is 5.71. The summed E-state index contributed by atoms with van der Waals surface area (Å²) < 4.78 is 9.78. The third-order valence-corrected chi connectivity index (χ3v) is 5.71. The molecule has 0 aliphatic heterocycles. The van der Waals surface area contributed by atoms with Crippen molar-refractivity contribution in [2.45, 2.75) is 27.0 Å². The number of amides is 3. The van der Waals surface area contributed by atoms with Crippen molar-refractivity contribution >= 4 is 35.6 Å². The number of ether oxygens (including phenoxy) is 2. The Morgan fingerprint density at radius 2 is 1.32 bits per heavy atom. The molecule has 11 nitrogen and oxygen atoms in total. The van der Waals surface area contributed by atoms with E-state index in [9.17, 15) is 28.8 Å². The van der Waals surface area contributed by atoms with Gasteiger partial charge in [0.1, 0.15) is 13.1 Å². The number of esters is 3. The fourth-order valence-corrected chi connectivity index (χ4v) is 3.53. The van der Waals surface area contributed by atoms with Gasteiger partial charge in [-0.2, -0.15) is 0 Å². The molecule has 0 spiro atoms. The highest BCUT2D eigenvalue weighted by atomic mass is 16.6. The molecule has 0 radical (unpaired) electrons. The summed E-state index contributed by atoms with van der Waals surface area (Å²) >= 11 is 0. The van der Waals surface area contributed by atoms with Crippen LogP contribution >= 0.6 is 0 Å². The number of nitrogens with one attached hydrogen (secondary N) is 3. The van der Waals surface area contributed by atoms with E-state index in [1.807, 2.05) is 6.92 Å². The van der Waals surface area contributed by atoms with E-state index in [0.717, 1.165) is 11.1 Å². The van der Waals surface area contributed by atoms with E-state index < -0.39 is 54.9 Å². The summed E-state index contributed by atoms with van der Waals surface area (Å²) in [5.74, 6) is -5.56. The molecule has 3 N–H and O–H groups in total. The van der Waals surface area contributed by atoms with Gasteiger partial charge in [-0.05, 0) is 56.7 Å². The second-order valence-corrected chi connectivity index (χ2v) is 9.05. The molecule has 0 saturated carbocycles. The molecule has 0 aliphatic rings. The van der Waals surface area contributed by atoms with Crippen molar-refractivity contribution in [1.82, 2.24) is 16.0 Å². The molecular formula is C30H29N3O8. The maximum Gasteiger partial charge on any atom is 0.376 e. The van der Waals surface area contributed by atoms with Crippen molar-refractivity contribution in [2.24, 2.45) is 0 Å². The second-order valence-electron chi connectivity index (χ2n) is 9.05. The summed E-state index contributed by atoms with van der Waals surface area (Å²) in [6.45, 7) is 4.01. The van der Waals surface area contributed by atoms with Crippen molar-refractivity contribution in [3.63, 3.8) is 0 Å². The average Bonchev–Trinajstić information content (AvgIpc) is 2.94. The predicted octanol–water partition coefficient (Wildman–Crippen LogP) is 2.14. The Morgan fingerprint density at radius 3 is 2.00 bits per heavy atom. The highest BCUT2D eigenvalue weighted by Crippen LogP contribution is 2.08. The molecule has 3 rings (SSSR count). The van der Waals surface area contributed by atoms with Gasteiger partial charge in [-0.15, -0.1) is 0 Å². The first-order valence-electron chi connectivity index (χ1n) is 12.5. The molecule has 0 aliphatic carbocycles. The molecule has 11 heteroatoms. The number of rotatable bonds is 10. The van der Waals surface area contributed by atoms with Gasteiger partial charge in [0, 0.05) is 16.7 Å². The Bertz CT molecular complexity index is 1470. The van der Waals surface area contributed by atoms with Gasteiger partial charge in [-0.25, -0.2) is 9.59 Å². The van der Waals surface area contributed by atoms with Crippen molar-refractivity contribution < 1.29 is 38.2 Å². The number of benzene rings is 3. The molecule has 1 unspecified atom stereocenters. The van der Waals surface area contributed by atoms with Gasteiger partial charge in [0.2, 0.25) is 0 Å². The van der Waals surface area contributed by atoms with Crippen LogP contribution in [0.15, 0.2) is 72.8 Å². The monoisotopic (exact) mass is 559 g/mol. The summed E-state index contributed by atoms with van der Waals surface area (Å²) in [6.07, 6.45) is -2.03. The van der Waals surface area contributed by atoms with Gasteiger partial charge in [-0.1, -0.05) is 53.6 Å². The van der Waals surface area contributed by atoms with E-state index in [4.69, 9.17) is 9.47 Å². The molecule has 0 aromatic heterocycles. The fraction of sp³-hybridized carbons (Fsp3) is 0.200. The predicted molar refractivity (Wildman–Crippen MR) is 147 cm³/mol. The van der Waals surface area contributed by atoms with Crippen LogP contribution in [0, 0.1) is 20.8 Å². The van der Waals surface area contributed by atoms with Crippen LogP contribution in [-0.2, 0) is 23.9 Å². The van der Waals surface area contributed by atoms with Gasteiger partial charge in [0.25, 0.3) is 23.9 Å². The molecule has 212 valence electrons. The van der Waals surface area contributed by atoms with Crippen LogP contribution in [0.2, 0.25) is 0 Å². The first kappa shape index (κ1) is 30.2. The molecule has 0 heterocycles. The molecular weight excluding hydrogens is 530 g/mol. The Balaban J connectivity index is 1.63. The first-order chi connectivity index (χ1) is 19.5. The van der Waals surface area contributed by atoms with E-state index in [0.29, 0.717) is 16.7 Å². The normalized spacial score (nSPS) is 11.0. The van der Waals surface area contributed by atoms with E-state index in [-0.39, 0.29) is 5.56 Å². The molecule has 1 atom stereocenters. The van der Waals surface area contributed by atoms with Crippen molar-refractivity contribution in [2.75, 3.05) is 13.1 Å². The number of carbonyl (C=O) groups is 6. The summed E-state index contributed by atoms with van der Waals surface area (Å²) in [7, 11) is 0. The lowest BCUT2D eigenvalue weighted by molar-refractivity contribution is -0.174. The SMILES string of the molecule is Cc1ccc(C(=O)NCC(=O)OC(NC(=O)c2cccc(C)c2)C(=O)OC(=O)CNC(=O)c2ccccc2C)cc1. The summed E-state index contributed by atoms with van der Waals surface area (Å²) in [5, 5.41) is 6.91. The van der Waals surface area contributed by atoms with Crippen LogP contribution in [0.1, 0.15) is 47.8 Å². The maximum absolute atomic E-state index is 12.7. The highest BCUT2D eigenvalue weighted by Gasteiger charge is 2.29. The minimum absolute atomic E-state index is 0.156. The standard InChI is InChI=1S/C30H29N3O8/c1-18-11-13-21(14-12-18)26(36)31-16-24(34)40-29(33-27(37)22-9-6-7-19(2)15-22)30(39)41-25(35)17-32-28(38)23-10-5-4-8-20(23)3/h4-15,29H,16-17H2,1-3H3,(H,31,36)(H,32,38)(H,33,37). The molecule has 0 bridgehead atoms. The van der Waals surface area contributed by atoms with Crippen molar-refractivity contribution in [3.8, 4) is 0 Å². The lowest BCUT2D eigenvalue weighted by Gasteiger charge is -2.18. The van der Waals surface area contributed by atoms with Gasteiger partial charge < -0.3 is 25.4 Å². The Labute approximate surface area is 236 Å². The van der Waals surface area contributed by atoms with E-state index in [1.165, 1.54) is 12.1 Å². The molecule has 3 aromatic rings. The van der Waals surface area contributed by atoms with Gasteiger partial charge in [0.15, 0.2) is 0 Å². The largest absolute Gasteiger partial charge is 0.429 e. The Morgan fingerprint density at radius 1 is 0.659 bits per heavy atom. The summed E-state index contributed by atoms with van der Waals surface area (Å²) in [5.41, 5.74) is 3.16. The maximum atomic E-state index is 12.7. The number of hydrogen-bond acceptors (Lipinski definition) is 8. The number of carbonyl (C=O) groups excluding carboxylic acids is 6. The minimum Gasteiger partial charge on any atom is -0.429 e. The fourth-order valence-electron chi connectivity index (χ4n) is 3.53. The number of aryl methyl sites for hydroxylation is 3.